The fourth-order valence-corrected chi connectivity index (χ4v) is 2.86. The molecule has 0 unspecified atom stereocenters. The van der Waals surface area contributed by atoms with Crippen LogP contribution in [0.1, 0.15) is 31.1 Å². The third-order valence-electron chi connectivity index (χ3n) is 4.15. The SMILES string of the molecule is CC(C)(C)C(=O)OCn1cnc(-c2cccc(-c3ccc(C=O)c(F)c3)c2Cl)n1. The summed E-state index contributed by atoms with van der Waals surface area (Å²) in [5, 5.41) is 4.64. The van der Waals surface area contributed by atoms with Crippen LogP contribution in [0.15, 0.2) is 42.7 Å². The van der Waals surface area contributed by atoms with Gasteiger partial charge in [0.1, 0.15) is 12.1 Å². The highest BCUT2D eigenvalue weighted by atomic mass is 35.5. The standard InChI is InChI=1S/C21H19ClFN3O3/c1-21(2,3)20(28)29-12-26-11-24-19(25-26)16-6-4-5-15(18(16)22)13-7-8-14(10-27)17(23)9-13/h4-11H,12H2,1-3H3. The molecule has 150 valence electrons. The van der Waals surface area contributed by atoms with Crippen molar-refractivity contribution in [3.8, 4) is 22.5 Å². The van der Waals surface area contributed by atoms with E-state index in [1.165, 1.54) is 23.1 Å². The Morgan fingerprint density at radius 2 is 1.97 bits per heavy atom. The zero-order valence-electron chi connectivity index (χ0n) is 16.1. The highest BCUT2D eigenvalue weighted by molar-refractivity contribution is 6.36. The van der Waals surface area contributed by atoms with E-state index < -0.39 is 11.2 Å². The van der Waals surface area contributed by atoms with Gasteiger partial charge in [0, 0.05) is 11.1 Å². The molecule has 0 amide bonds. The third-order valence-corrected chi connectivity index (χ3v) is 4.56. The van der Waals surface area contributed by atoms with Crippen molar-refractivity contribution < 1.29 is 18.7 Å². The first-order valence-electron chi connectivity index (χ1n) is 8.81. The molecule has 0 radical (unpaired) electrons. The minimum absolute atomic E-state index is 0.0220. The predicted molar refractivity (Wildman–Crippen MR) is 107 cm³/mol. The van der Waals surface area contributed by atoms with Gasteiger partial charge in [-0.25, -0.2) is 14.1 Å². The summed E-state index contributed by atoms with van der Waals surface area (Å²) in [6.07, 6.45) is 1.90. The van der Waals surface area contributed by atoms with Crippen molar-refractivity contribution in [1.82, 2.24) is 14.8 Å². The quantitative estimate of drug-likeness (QED) is 0.443. The molecular formula is C21H19ClFN3O3. The van der Waals surface area contributed by atoms with Crippen LogP contribution in [0.5, 0.6) is 0 Å². The van der Waals surface area contributed by atoms with Gasteiger partial charge < -0.3 is 4.74 Å². The molecular weight excluding hydrogens is 397 g/mol. The van der Waals surface area contributed by atoms with E-state index in [1.54, 1.807) is 45.0 Å². The predicted octanol–water partition coefficient (Wildman–Crippen LogP) is 4.76. The average Bonchev–Trinajstić information content (AvgIpc) is 3.14. The van der Waals surface area contributed by atoms with Crippen molar-refractivity contribution in [3.63, 3.8) is 0 Å². The number of esters is 1. The molecule has 0 spiro atoms. The molecule has 8 heteroatoms. The van der Waals surface area contributed by atoms with Crippen LogP contribution in [0.2, 0.25) is 5.02 Å². The highest BCUT2D eigenvalue weighted by Gasteiger charge is 2.23. The van der Waals surface area contributed by atoms with Crippen molar-refractivity contribution >= 4 is 23.9 Å². The summed E-state index contributed by atoms with van der Waals surface area (Å²) in [5.41, 5.74) is 1.01. The van der Waals surface area contributed by atoms with Gasteiger partial charge in [-0.15, -0.1) is 5.10 Å². The van der Waals surface area contributed by atoms with Gasteiger partial charge in [0.05, 0.1) is 16.0 Å². The summed E-state index contributed by atoms with van der Waals surface area (Å²) >= 11 is 6.53. The Hall–Kier alpha value is -3.06. The molecule has 0 saturated heterocycles. The number of carbonyl (C=O) groups excluding carboxylic acids is 2. The lowest BCUT2D eigenvalue weighted by Crippen LogP contribution is -2.24. The zero-order valence-corrected chi connectivity index (χ0v) is 16.9. The van der Waals surface area contributed by atoms with Gasteiger partial charge in [0.2, 0.25) is 0 Å². The number of rotatable bonds is 5. The van der Waals surface area contributed by atoms with Crippen LogP contribution in [0, 0.1) is 11.2 Å². The molecule has 0 fully saturated rings. The molecule has 29 heavy (non-hydrogen) atoms. The normalized spacial score (nSPS) is 11.3. The van der Waals surface area contributed by atoms with Crippen LogP contribution >= 0.6 is 11.6 Å². The highest BCUT2D eigenvalue weighted by Crippen LogP contribution is 2.35. The fraction of sp³-hybridized carbons (Fsp3) is 0.238. The number of aldehydes is 1. The Morgan fingerprint density at radius 3 is 2.62 bits per heavy atom. The van der Waals surface area contributed by atoms with Crippen LogP contribution in [0.3, 0.4) is 0 Å². The van der Waals surface area contributed by atoms with Crippen LogP contribution in [0.4, 0.5) is 4.39 Å². The second-order valence-electron chi connectivity index (χ2n) is 7.44. The van der Waals surface area contributed by atoms with Gasteiger partial charge in [-0.1, -0.05) is 29.8 Å². The summed E-state index contributed by atoms with van der Waals surface area (Å²) in [4.78, 5) is 26.9. The lowest BCUT2D eigenvalue weighted by molar-refractivity contribution is -0.157. The number of aromatic nitrogens is 3. The largest absolute Gasteiger partial charge is 0.442 e. The number of hydrogen-bond acceptors (Lipinski definition) is 5. The second kappa shape index (κ2) is 8.13. The second-order valence-corrected chi connectivity index (χ2v) is 7.82. The molecule has 0 bridgehead atoms. The molecule has 6 nitrogen and oxygen atoms in total. The first-order chi connectivity index (χ1) is 13.7. The van der Waals surface area contributed by atoms with E-state index in [2.05, 4.69) is 10.1 Å². The molecule has 1 aromatic heterocycles. The van der Waals surface area contributed by atoms with Crippen molar-refractivity contribution in [3.05, 3.63) is 59.1 Å². The number of nitrogens with zero attached hydrogens (tertiary/aromatic N) is 3. The van der Waals surface area contributed by atoms with E-state index in [1.807, 2.05) is 0 Å². The van der Waals surface area contributed by atoms with Crippen molar-refractivity contribution in [2.75, 3.05) is 0 Å². The minimum atomic E-state index is -0.623. The Labute approximate surface area is 172 Å². The summed E-state index contributed by atoms with van der Waals surface area (Å²) in [6, 6.07) is 9.51. The van der Waals surface area contributed by atoms with Crippen LogP contribution in [-0.4, -0.2) is 27.0 Å². The molecule has 0 aliphatic heterocycles. The van der Waals surface area contributed by atoms with Gasteiger partial charge >= 0.3 is 5.97 Å². The first-order valence-corrected chi connectivity index (χ1v) is 9.19. The van der Waals surface area contributed by atoms with Gasteiger partial charge in [-0.3, -0.25) is 9.59 Å². The molecule has 3 rings (SSSR count). The molecule has 0 saturated carbocycles. The number of hydrogen-bond donors (Lipinski definition) is 0. The maximum absolute atomic E-state index is 14.0. The monoisotopic (exact) mass is 415 g/mol. The van der Waals surface area contributed by atoms with E-state index in [0.717, 1.165) is 0 Å². The van der Waals surface area contributed by atoms with Gasteiger partial charge in [0.15, 0.2) is 18.8 Å². The van der Waals surface area contributed by atoms with Crippen LogP contribution in [0.25, 0.3) is 22.5 Å². The fourth-order valence-electron chi connectivity index (χ4n) is 2.54. The van der Waals surface area contributed by atoms with E-state index >= 15 is 0 Å². The number of carbonyl (C=O) groups is 2. The minimum Gasteiger partial charge on any atom is -0.442 e. The van der Waals surface area contributed by atoms with Crippen molar-refractivity contribution in [2.24, 2.45) is 5.41 Å². The van der Waals surface area contributed by atoms with Crippen molar-refractivity contribution in [1.29, 1.82) is 0 Å². The lowest BCUT2D eigenvalue weighted by atomic mass is 9.98. The number of ether oxygens (including phenoxy) is 1. The van der Waals surface area contributed by atoms with Gasteiger partial charge in [-0.2, -0.15) is 0 Å². The molecule has 0 N–H and O–H groups in total. The lowest BCUT2D eigenvalue weighted by Gasteiger charge is -2.16. The Morgan fingerprint density at radius 1 is 1.24 bits per heavy atom. The van der Waals surface area contributed by atoms with E-state index in [-0.39, 0.29) is 18.3 Å². The van der Waals surface area contributed by atoms with E-state index in [9.17, 15) is 14.0 Å². The number of benzene rings is 2. The van der Waals surface area contributed by atoms with Gasteiger partial charge in [-0.05, 0) is 44.5 Å². The van der Waals surface area contributed by atoms with E-state index in [4.69, 9.17) is 16.3 Å². The topological polar surface area (TPSA) is 74.1 Å². The van der Waals surface area contributed by atoms with Crippen molar-refractivity contribution in [2.45, 2.75) is 27.5 Å². The Balaban J connectivity index is 1.87. The van der Waals surface area contributed by atoms with E-state index in [0.29, 0.717) is 33.8 Å². The third kappa shape index (κ3) is 4.51. The molecule has 2 aromatic carbocycles. The van der Waals surface area contributed by atoms with Crippen LogP contribution < -0.4 is 0 Å². The summed E-state index contributed by atoms with van der Waals surface area (Å²) in [7, 11) is 0. The zero-order chi connectivity index (χ0) is 21.2. The molecule has 0 aliphatic carbocycles. The maximum atomic E-state index is 14.0. The Bertz CT molecular complexity index is 1070. The molecule has 0 aliphatic rings. The smallest absolute Gasteiger partial charge is 0.313 e. The summed E-state index contributed by atoms with van der Waals surface area (Å²) < 4.78 is 20.6. The van der Waals surface area contributed by atoms with Gasteiger partial charge in [0.25, 0.3) is 0 Å². The average molecular weight is 416 g/mol. The molecule has 0 atom stereocenters. The van der Waals surface area contributed by atoms with Crippen LogP contribution in [-0.2, 0) is 16.3 Å². The molecule has 3 aromatic rings. The summed E-state index contributed by atoms with van der Waals surface area (Å²) in [5.74, 6) is -0.633. The Kier molecular flexibility index (Phi) is 5.79. The summed E-state index contributed by atoms with van der Waals surface area (Å²) in [6.45, 7) is 5.21. The number of halogens is 2. The first kappa shape index (κ1) is 20.7. The molecule has 1 heterocycles. The maximum Gasteiger partial charge on any atom is 0.313 e.